The molecular weight excluding hydrogens is 286 g/mol. The summed E-state index contributed by atoms with van der Waals surface area (Å²) in [5.41, 5.74) is 1.05. The summed E-state index contributed by atoms with van der Waals surface area (Å²) >= 11 is 0. The molecule has 2 heterocycles. The molecule has 5 nitrogen and oxygen atoms in total. The van der Waals surface area contributed by atoms with E-state index < -0.39 is 10.0 Å². The number of aryl methyl sites for hydroxylation is 1. The molecule has 0 aliphatic carbocycles. The SMILES string of the molecule is CCCn1cc(S(=O)(=O)N2CCC(C)C2)cc1CNCC. The van der Waals surface area contributed by atoms with E-state index in [-0.39, 0.29) is 0 Å². The van der Waals surface area contributed by atoms with Crippen LogP contribution in [-0.2, 0) is 23.1 Å². The molecule has 0 bridgehead atoms. The fraction of sp³-hybridized carbons (Fsp3) is 0.733. The van der Waals surface area contributed by atoms with Crippen LogP contribution >= 0.6 is 0 Å². The quantitative estimate of drug-likeness (QED) is 0.838. The summed E-state index contributed by atoms with van der Waals surface area (Å²) in [4.78, 5) is 0.443. The molecule has 120 valence electrons. The third-order valence-corrected chi connectivity index (χ3v) is 5.84. The van der Waals surface area contributed by atoms with E-state index in [1.807, 2.05) is 6.07 Å². The molecule has 1 aromatic heterocycles. The van der Waals surface area contributed by atoms with E-state index >= 15 is 0 Å². The van der Waals surface area contributed by atoms with Crippen molar-refractivity contribution in [2.75, 3.05) is 19.6 Å². The highest BCUT2D eigenvalue weighted by Gasteiger charge is 2.31. The van der Waals surface area contributed by atoms with E-state index in [0.717, 1.165) is 31.6 Å². The molecule has 6 heteroatoms. The van der Waals surface area contributed by atoms with Crippen LogP contribution in [0.1, 0.15) is 39.3 Å². The average molecular weight is 313 g/mol. The van der Waals surface area contributed by atoms with Crippen molar-refractivity contribution in [1.29, 1.82) is 0 Å². The topological polar surface area (TPSA) is 54.3 Å². The van der Waals surface area contributed by atoms with Gasteiger partial charge in [-0.3, -0.25) is 0 Å². The number of sulfonamides is 1. The van der Waals surface area contributed by atoms with Gasteiger partial charge < -0.3 is 9.88 Å². The Bertz CT molecular complexity index is 565. The number of nitrogens with one attached hydrogen (secondary N) is 1. The average Bonchev–Trinajstić information content (AvgIpc) is 3.04. The smallest absolute Gasteiger partial charge is 0.244 e. The lowest BCUT2D eigenvalue weighted by Gasteiger charge is -2.14. The fourth-order valence-corrected chi connectivity index (χ4v) is 4.42. The van der Waals surface area contributed by atoms with Crippen LogP contribution in [0.3, 0.4) is 0 Å². The maximum atomic E-state index is 12.7. The van der Waals surface area contributed by atoms with Gasteiger partial charge in [0, 0.05) is 38.1 Å². The van der Waals surface area contributed by atoms with Gasteiger partial charge >= 0.3 is 0 Å². The minimum Gasteiger partial charge on any atom is -0.349 e. The molecule has 0 saturated carbocycles. The molecule has 21 heavy (non-hydrogen) atoms. The minimum atomic E-state index is -3.33. The summed E-state index contributed by atoms with van der Waals surface area (Å²) in [6.07, 6.45) is 3.75. The van der Waals surface area contributed by atoms with Gasteiger partial charge in [0.15, 0.2) is 0 Å². The van der Waals surface area contributed by atoms with E-state index in [4.69, 9.17) is 0 Å². The summed E-state index contributed by atoms with van der Waals surface area (Å²) in [7, 11) is -3.33. The molecule has 1 unspecified atom stereocenters. The molecule has 1 N–H and O–H groups in total. The van der Waals surface area contributed by atoms with Crippen LogP contribution in [0, 0.1) is 5.92 Å². The number of hydrogen-bond acceptors (Lipinski definition) is 3. The Morgan fingerprint density at radius 2 is 2.14 bits per heavy atom. The second kappa shape index (κ2) is 6.94. The van der Waals surface area contributed by atoms with Crippen molar-refractivity contribution in [3.8, 4) is 0 Å². The van der Waals surface area contributed by atoms with Crippen LogP contribution in [-0.4, -0.2) is 36.9 Å². The highest BCUT2D eigenvalue weighted by atomic mass is 32.2. The van der Waals surface area contributed by atoms with Gasteiger partial charge in [-0.1, -0.05) is 20.8 Å². The zero-order valence-corrected chi connectivity index (χ0v) is 14.1. The predicted molar refractivity (Wildman–Crippen MR) is 84.6 cm³/mol. The second-order valence-corrected chi connectivity index (χ2v) is 7.84. The normalized spacial score (nSPS) is 20.2. The lowest BCUT2D eigenvalue weighted by atomic mass is 10.2. The molecule has 1 aliphatic rings. The van der Waals surface area contributed by atoms with Crippen molar-refractivity contribution in [3.63, 3.8) is 0 Å². The van der Waals surface area contributed by atoms with Crippen LogP contribution in [0.25, 0.3) is 0 Å². The van der Waals surface area contributed by atoms with Gasteiger partial charge in [-0.05, 0) is 31.4 Å². The first kappa shape index (κ1) is 16.5. The van der Waals surface area contributed by atoms with Gasteiger partial charge in [-0.15, -0.1) is 0 Å². The van der Waals surface area contributed by atoms with E-state index in [9.17, 15) is 8.42 Å². The van der Waals surface area contributed by atoms with Crippen LogP contribution in [0.15, 0.2) is 17.2 Å². The van der Waals surface area contributed by atoms with Crippen LogP contribution in [0.2, 0.25) is 0 Å². The van der Waals surface area contributed by atoms with E-state index in [2.05, 4.69) is 30.7 Å². The molecule has 0 radical (unpaired) electrons. The zero-order valence-electron chi connectivity index (χ0n) is 13.3. The molecule has 1 aliphatic heterocycles. The summed E-state index contributed by atoms with van der Waals surface area (Å²) in [5.74, 6) is 0.457. The fourth-order valence-electron chi connectivity index (χ4n) is 2.78. The van der Waals surface area contributed by atoms with Gasteiger partial charge in [0.2, 0.25) is 10.0 Å². The Morgan fingerprint density at radius 3 is 2.71 bits per heavy atom. The Hall–Kier alpha value is -0.850. The van der Waals surface area contributed by atoms with E-state index in [1.165, 1.54) is 0 Å². The Labute approximate surface area is 128 Å². The molecule has 0 amide bonds. The van der Waals surface area contributed by atoms with Crippen LogP contribution in [0.4, 0.5) is 0 Å². The molecule has 0 aromatic carbocycles. The molecule has 2 rings (SSSR count). The van der Waals surface area contributed by atoms with Crippen LogP contribution < -0.4 is 5.32 Å². The largest absolute Gasteiger partial charge is 0.349 e. The third-order valence-electron chi connectivity index (χ3n) is 4.01. The van der Waals surface area contributed by atoms with Crippen molar-refractivity contribution in [2.45, 2.75) is 51.6 Å². The highest BCUT2D eigenvalue weighted by Crippen LogP contribution is 2.25. The predicted octanol–water partition coefficient (Wildman–Crippen LogP) is 2.04. The van der Waals surface area contributed by atoms with Crippen molar-refractivity contribution in [2.24, 2.45) is 5.92 Å². The maximum Gasteiger partial charge on any atom is 0.244 e. The van der Waals surface area contributed by atoms with Crippen molar-refractivity contribution in [3.05, 3.63) is 18.0 Å². The molecule has 0 spiro atoms. The maximum absolute atomic E-state index is 12.7. The van der Waals surface area contributed by atoms with Gasteiger partial charge in [0.05, 0.1) is 0 Å². The molecule has 1 fully saturated rings. The Morgan fingerprint density at radius 1 is 1.38 bits per heavy atom. The summed E-state index contributed by atoms with van der Waals surface area (Å²) in [6, 6.07) is 1.83. The third kappa shape index (κ3) is 3.67. The molecule has 1 atom stereocenters. The first-order valence-electron chi connectivity index (χ1n) is 7.89. The van der Waals surface area contributed by atoms with E-state index in [1.54, 1.807) is 10.5 Å². The lowest BCUT2D eigenvalue weighted by Crippen LogP contribution is -2.28. The van der Waals surface area contributed by atoms with Gasteiger partial charge in [0.25, 0.3) is 0 Å². The zero-order chi connectivity index (χ0) is 15.5. The van der Waals surface area contributed by atoms with Gasteiger partial charge in [-0.2, -0.15) is 4.31 Å². The Kier molecular flexibility index (Phi) is 5.46. The number of aromatic nitrogens is 1. The van der Waals surface area contributed by atoms with Crippen molar-refractivity contribution in [1.82, 2.24) is 14.2 Å². The molecule has 1 saturated heterocycles. The first-order valence-corrected chi connectivity index (χ1v) is 9.33. The molecule has 1 aromatic rings. The summed E-state index contributed by atoms with van der Waals surface area (Å²) in [6.45, 7) is 9.99. The molecular formula is C15H27N3O2S. The highest BCUT2D eigenvalue weighted by molar-refractivity contribution is 7.89. The van der Waals surface area contributed by atoms with E-state index in [0.29, 0.717) is 30.4 Å². The monoisotopic (exact) mass is 313 g/mol. The standard InChI is InChI=1S/C15H27N3O2S/c1-4-7-17-12-15(9-14(17)10-16-5-2)21(19,20)18-8-6-13(3)11-18/h9,12-13,16H,4-8,10-11H2,1-3H3. The number of hydrogen-bond donors (Lipinski definition) is 1. The minimum absolute atomic E-state index is 0.443. The first-order chi connectivity index (χ1) is 9.98. The summed E-state index contributed by atoms with van der Waals surface area (Å²) in [5, 5.41) is 3.28. The lowest BCUT2D eigenvalue weighted by molar-refractivity contribution is 0.464. The number of nitrogens with zero attached hydrogens (tertiary/aromatic N) is 2. The van der Waals surface area contributed by atoms with Crippen LogP contribution in [0.5, 0.6) is 0 Å². The summed E-state index contributed by atoms with van der Waals surface area (Å²) < 4.78 is 29.1. The van der Waals surface area contributed by atoms with Crippen molar-refractivity contribution < 1.29 is 8.42 Å². The van der Waals surface area contributed by atoms with Gasteiger partial charge in [0.1, 0.15) is 4.90 Å². The van der Waals surface area contributed by atoms with Crippen molar-refractivity contribution >= 4 is 10.0 Å². The van der Waals surface area contributed by atoms with Gasteiger partial charge in [-0.25, -0.2) is 8.42 Å². The Balaban J connectivity index is 2.26. The second-order valence-electron chi connectivity index (χ2n) is 5.90. The number of rotatable bonds is 7.